The van der Waals surface area contributed by atoms with Gasteiger partial charge in [0, 0.05) is 36.7 Å². The number of ether oxygens (including phenoxy) is 1. The molecule has 1 fully saturated rings. The molecule has 0 aliphatic carbocycles. The van der Waals surface area contributed by atoms with Gasteiger partial charge in [-0.05, 0) is 25.6 Å². The summed E-state index contributed by atoms with van der Waals surface area (Å²) >= 11 is 0. The third kappa shape index (κ3) is 4.32. The van der Waals surface area contributed by atoms with Gasteiger partial charge in [-0.2, -0.15) is 4.98 Å². The second-order valence-electron chi connectivity index (χ2n) is 6.77. The van der Waals surface area contributed by atoms with Crippen LogP contribution >= 0.6 is 0 Å². The molecule has 1 aliphatic heterocycles. The molecular formula is C19H21N7O3. The molecule has 0 bridgehead atoms. The molecule has 1 aromatic carbocycles. The van der Waals surface area contributed by atoms with Crippen LogP contribution in [0.1, 0.15) is 18.4 Å². The molecule has 2 amide bonds. The average Bonchev–Trinajstić information content (AvgIpc) is 3.35. The second-order valence-corrected chi connectivity index (χ2v) is 6.77. The van der Waals surface area contributed by atoms with E-state index in [4.69, 9.17) is 9.26 Å². The van der Waals surface area contributed by atoms with Crippen LogP contribution in [0.3, 0.4) is 0 Å². The van der Waals surface area contributed by atoms with Crippen LogP contribution < -0.4 is 15.4 Å². The van der Waals surface area contributed by atoms with Crippen molar-refractivity contribution in [3.8, 4) is 17.3 Å². The van der Waals surface area contributed by atoms with Gasteiger partial charge >= 0.3 is 6.03 Å². The summed E-state index contributed by atoms with van der Waals surface area (Å²) in [5.41, 5.74) is 1.21. The number of benzene rings is 1. The van der Waals surface area contributed by atoms with Crippen molar-refractivity contribution in [2.45, 2.75) is 18.5 Å². The van der Waals surface area contributed by atoms with Crippen molar-refractivity contribution >= 4 is 11.7 Å². The van der Waals surface area contributed by atoms with E-state index in [1.165, 1.54) is 0 Å². The summed E-state index contributed by atoms with van der Waals surface area (Å²) in [5.74, 6) is 1.57. The molecule has 2 N–H and O–H groups in total. The van der Waals surface area contributed by atoms with Gasteiger partial charge in [0.2, 0.25) is 11.7 Å². The van der Waals surface area contributed by atoms with Gasteiger partial charge in [-0.25, -0.2) is 9.78 Å². The van der Waals surface area contributed by atoms with E-state index in [1.807, 2.05) is 19.2 Å². The van der Waals surface area contributed by atoms with Crippen molar-refractivity contribution in [3.63, 3.8) is 0 Å². The number of hydrogen-bond donors (Lipinski definition) is 2. The van der Waals surface area contributed by atoms with Crippen LogP contribution in [0.5, 0.6) is 5.75 Å². The molecule has 4 rings (SSSR count). The van der Waals surface area contributed by atoms with Crippen molar-refractivity contribution in [3.05, 3.63) is 48.7 Å². The number of carbonyl (C=O) groups is 1. The predicted octanol–water partition coefficient (Wildman–Crippen LogP) is 2.10. The summed E-state index contributed by atoms with van der Waals surface area (Å²) in [7, 11) is 3.54. The lowest BCUT2D eigenvalue weighted by Crippen LogP contribution is -2.39. The molecule has 0 saturated carbocycles. The highest BCUT2D eigenvalue weighted by Gasteiger charge is 2.35. The monoisotopic (exact) mass is 395 g/mol. The zero-order chi connectivity index (χ0) is 20.2. The van der Waals surface area contributed by atoms with Crippen molar-refractivity contribution in [1.82, 2.24) is 30.3 Å². The first kappa shape index (κ1) is 18.8. The largest absolute Gasteiger partial charge is 0.497 e. The Morgan fingerprint density at radius 1 is 1.34 bits per heavy atom. The number of carbonyl (C=O) groups excluding carboxylic acids is 1. The minimum Gasteiger partial charge on any atom is -0.497 e. The number of likely N-dealkylation sites (N-methyl/N-ethyl adjacent to an activating group) is 1. The number of anilines is 1. The fourth-order valence-electron chi connectivity index (χ4n) is 3.34. The predicted molar refractivity (Wildman–Crippen MR) is 104 cm³/mol. The molecule has 10 nitrogen and oxygen atoms in total. The molecule has 1 aliphatic rings. The topological polar surface area (TPSA) is 118 Å². The third-order valence-corrected chi connectivity index (χ3v) is 4.73. The highest BCUT2D eigenvalue weighted by Crippen LogP contribution is 2.30. The normalized spacial score (nSPS) is 19.1. The Kier molecular flexibility index (Phi) is 5.34. The summed E-state index contributed by atoms with van der Waals surface area (Å²) in [4.78, 5) is 27.1. The van der Waals surface area contributed by atoms with Gasteiger partial charge < -0.3 is 19.9 Å². The summed E-state index contributed by atoms with van der Waals surface area (Å²) in [6, 6.07) is 6.78. The standard InChI is InChI=1S/C19H21N7O3/c1-26-11-13(23-19(27)22-12-4-3-5-14(8-12)28-2)9-16(26)18-24-17(25-29-18)15-10-20-6-7-21-15/h3-8,10,13,16H,9,11H2,1-2H3,(H2,22,23,27). The van der Waals surface area contributed by atoms with Gasteiger partial charge in [-0.15, -0.1) is 0 Å². The maximum Gasteiger partial charge on any atom is 0.319 e. The fourth-order valence-corrected chi connectivity index (χ4v) is 3.34. The molecule has 2 unspecified atom stereocenters. The second kappa shape index (κ2) is 8.23. The van der Waals surface area contributed by atoms with E-state index in [0.717, 1.165) is 0 Å². The first-order valence-corrected chi connectivity index (χ1v) is 9.14. The van der Waals surface area contributed by atoms with Crippen LogP contribution in [-0.2, 0) is 0 Å². The van der Waals surface area contributed by atoms with E-state index in [2.05, 4.69) is 35.6 Å². The van der Waals surface area contributed by atoms with Crippen LogP contribution in [0.4, 0.5) is 10.5 Å². The van der Waals surface area contributed by atoms with Gasteiger partial charge in [-0.3, -0.25) is 9.88 Å². The van der Waals surface area contributed by atoms with Crippen molar-refractivity contribution in [2.75, 3.05) is 26.0 Å². The molecule has 150 valence electrons. The smallest absolute Gasteiger partial charge is 0.319 e. The van der Waals surface area contributed by atoms with Gasteiger partial charge in [0.25, 0.3) is 0 Å². The van der Waals surface area contributed by atoms with Crippen molar-refractivity contribution in [1.29, 1.82) is 0 Å². The Bertz CT molecular complexity index is 979. The maximum absolute atomic E-state index is 12.4. The van der Waals surface area contributed by atoms with E-state index < -0.39 is 0 Å². The molecule has 3 aromatic rings. The lowest BCUT2D eigenvalue weighted by atomic mass is 10.1. The van der Waals surface area contributed by atoms with E-state index in [9.17, 15) is 4.79 Å². The van der Waals surface area contributed by atoms with E-state index in [-0.39, 0.29) is 18.1 Å². The number of aromatic nitrogens is 4. The number of hydrogen-bond acceptors (Lipinski definition) is 8. The Labute approximate surface area is 167 Å². The number of likely N-dealkylation sites (tertiary alicyclic amines) is 1. The third-order valence-electron chi connectivity index (χ3n) is 4.73. The Morgan fingerprint density at radius 3 is 3.03 bits per heavy atom. The molecule has 0 spiro atoms. The van der Waals surface area contributed by atoms with Crippen LogP contribution in [0.25, 0.3) is 11.5 Å². The lowest BCUT2D eigenvalue weighted by molar-refractivity contribution is 0.243. The van der Waals surface area contributed by atoms with Crippen LogP contribution in [0, 0.1) is 0 Å². The Hall–Kier alpha value is -3.53. The van der Waals surface area contributed by atoms with Gasteiger partial charge in [0.15, 0.2) is 0 Å². The molecule has 0 radical (unpaired) electrons. The summed E-state index contributed by atoms with van der Waals surface area (Å²) < 4.78 is 10.6. The number of urea groups is 1. The Morgan fingerprint density at radius 2 is 2.24 bits per heavy atom. The molecule has 29 heavy (non-hydrogen) atoms. The fraction of sp³-hybridized carbons (Fsp3) is 0.316. The quantitative estimate of drug-likeness (QED) is 0.674. The summed E-state index contributed by atoms with van der Waals surface area (Å²) in [5, 5.41) is 9.81. The van der Waals surface area contributed by atoms with Gasteiger partial charge in [-0.1, -0.05) is 11.2 Å². The number of amides is 2. The lowest BCUT2D eigenvalue weighted by Gasteiger charge is -2.14. The van der Waals surface area contributed by atoms with Crippen LogP contribution in [-0.4, -0.2) is 57.8 Å². The minimum absolute atomic E-state index is 0.0533. The highest BCUT2D eigenvalue weighted by atomic mass is 16.5. The first-order valence-electron chi connectivity index (χ1n) is 9.14. The van der Waals surface area contributed by atoms with Crippen molar-refractivity contribution < 1.29 is 14.1 Å². The SMILES string of the molecule is COc1cccc(NC(=O)NC2CC(c3nc(-c4cnccn4)no3)N(C)C2)c1. The van der Waals surface area contributed by atoms with E-state index >= 15 is 0 Å². The first-order chi connectivity index (χ1) is 14.1. The molecule has 10 heteroatoms. The summed E-state index contributed by atoms with van der Waals surface area (Å²) in [6.45, 7) is 0.666. The molecule has 2 atom stereocenters. The van der Waals surface area contributed by atoms with E-state index in [1.54, 1.807) is 37.8 Å². The number of nitrogens with one attached hydrogen (secondary N) is 2. The molecule has 3 heterocycles. The number of methoxy groups -OCH3 is 1. The molecule has 2 aromatic heterocycles. The minimum atomic E-state index is -0.275. The zero-order valence-electron chi connectivity index (χ0n) is 16.1. The Balaban J connectivity index is 1.37. The van der Waals surface area contributed by atoms with E-state index in [0.29, 0.717) is 41.8 Å². The van der Waals surface area contributed by atoms with Crippen molar-refractivity contribution in [2.24, 2.45) is 0 Å². The van der Waals surface area contributed by atoms with Crippen LogP contribution in [0.2, 0.25) is 0 Å². The maximum atomic E-state index is 12.4. The summed E-state index contributed by atoms with van der Waals surface area (Å²) in [6.07, 6.45) is 5.40. The zero-order valence-corrected chi connectivity index (χ0v) is 16.1. The highest BCUT2D eigenvalue weighted by molar-refractivity contribution is 5.89. The van der Waals surface area contributed by atoms with Crippen LogP contribution in [0.15, 0.2) is 47.4 Å². The van der Waals surface area contributed by atoms with Gasteiger partial charge in [0.05, 0.1) is 19.3 Å². The number of rotatable bonds is 5. The number of nitrogens with zero attached hydrogens (tertiary/aromatic N) is 5. The molecule has 1 saturated heterocycles. The molecular weight excluding hydrogens is 374 g/mol. The average molecular weight is 395 g/mol. The van der Waals surface area contributed by atoms with Gasteiger partial charge in [0.1, 0.15) is 11.4 Å².